The number of carbonyl (C=O) groups excluding carboxylic acids is 2. The summed E-state index contributed by atoms with van der Waals surface area (Å²) in [5.74, 6) is 0.996. The number of anilines is 2. The number of para-hydroxylation sites is 2. The summed E-state index contributed by atoms with van der Waals surface area (Å²) >= 11 is 0. The zero-order chi connectivity index (χ0) is 30.0. The molecule has 0 fully saturated rings. The highest BCUT2D eigenvalue weighted by atomic mass is 16.5. The van der Waals surface area contributed by atoms with Gasteiger partial charge in [-0.25, -0.2) is 0 Å². The van der Waals surface area contributed by atoms with Crippen molar-refractivity contribution in [2.24, 2.45) is 0 Å². The van der Waals surface area contributed by atoms with Gasteiger partial charge >= 0.3 is 0 Å². The molecule has 2 atom stereocenters. The van der Waals surface area contributed by atoms with Gasteiger partial charge in [-0.15, -0.1) is 0 Å². The predicted octanol–water partition coefficient (Wildman–Crippen LogP) is 5.78. The number of hydrogen-bond acceptors (Lipinski definition) is 7. The quantitative estimate of drug-likeness (QED) is 0.357. The maximum Gasteiger partial charge on any atom is 0.254 e. The molecule has 1 amide bonds. The highest BCUT2D eigenvalue weighted by Gasteiger charge is 2.41. The molecule has 8 nitrogen and oxygen atoms in total. The first-order chi connectivity index (χ1) is 20.2. The van der Waals surface area contributed by atoms with Gasteiger partial charge in [0.25, 0.3) is 5.91 Å². The number of nitrogens with one attached hydrogen (secondary N) is 2. The Morgan fingerprint density at radius 3 is 2.19 bits per heavy atom. The van der Waals surface area contributed by atoms with Gasteiger partial charge in [0.1, 0.15) is 5.75 Å². The molecule has 0 saturated heterocycles. The van der Waals surface area contributed by atoms with Gasteiger partial charge in [0.15, 0.2) is 17.3 Å². The van der Waals surface area contributed by atoms with Crippen molar-refractivity contribution < 1.29 is 23.8 Å². The molecule has 3 aromatic rings. The molecular formula is C34H37N3O5. The van der Waals surface area contributed by atoms with Crippen molar-refractivity contribution in [1.82, 2.24) is 5.32 Å². The summed E-state index contributed by atoms with van der Waals surface area (Å²) in [4.78, 5) is 30.0. The van der Waals surface area contributed by atoms with E-state index in [9.17, 15) is 9.59 Å². The van der Waals surface area contributed by atoms with Crippen molar-refractivity contribution in [3.8, 4) is 17.2 Å². The van der Waals surface area contributed by atoms with Crippen molar-refractivity contribution in [1.29, 1.82) is 0 Å². The minimum Gasteiger partial charge on any atom is -0.495 e. The van der Waals surface area contributed by atoms with E-state index in [0.29, 0.717) is 52.6 Å². The lowest BCUT2D eigenvalue weighted by Crippen LogP contribution is -2.37. The highest BCUT2D eigenvalue weighted by molar-refractivity contribution is 6.10. The van der Waals surface area contributed by atoms with Crippen LogP contribution in [0.4, 0.5) is 11.4 Å². The first-order valence-corrected chi connectivity index (χ1v) is 13.9. The standard InChI is InChI=1S/C34H37N3O5/c1-20-31(34(39)36-25-9-7-8-10-28(25)40-4)32(21-11-14-24(15-12-21)37(2)3)33-26(35-20)17-23(18-27(33)38)22-13-16-29(41-5)30(19-22)42-6/h7-16,19,23,32,35H,17-18H2,1-6H3,(H,36,39)/t23-,32+/m0/s1. The Balaban J connectivity index is 1.56. The van der Waals surface area contributed by atoms with E-state index in [2.05, 4.69) is 10.6 Å². The minimum atomic E-state index is -0.522. The Labute approximate surface area is 247 Å². The van der Waals surface area contributed by atoms with Crippen molar-refractivity contribution in [3.05, 3.63) is 100 Å². The van der Waals surface area contributed by atoms with Crippen LogP contribution in [0.3, 0.4) is 0 Å². The van der Waals surface area contributed by atoms with Gasteiger partial charge in [0, 0.05) is 54.7 Å². The van der Waals surface area contributed by atoms with E-state index in [0.717, 1.165) is 22.5 Å². The highest BCUT2D eigenvalue weighted by Crippen LogP contribution is 2.47. The van der Waals surface area contributed by atoms with Gasteiger partial charge in [-0.3, -0.25) is 9.59 Å². The van der Waals surface area contributed by atoms with Crippen LogP contribution >= 0.6 is 0 Å². The summed E-state index contributed by atoms with van der Waals surface area (Å²) in [6.45, 7) is 1.90. The average Bonchev–Trinajstić information content (AvgIpc) is 3.00. The van der Waals surface area contributed by atoms with E-state index in [1.807, 2.05) is 80.5 Å². The van der Waals surface area contributed by atoms with Crippen LogP contribution in [0.15, 0.2) is 89.3 Å². The maximum atomic E-state index is 14.0. The first kappa shape index (κ1) is 28.8. The molecule has 42 heavy (non-hydrogen) atoms. The van der Waals surface area contributed by atoms with E-state index in [1.165, 1.54) is 0 Å². The topological polar surface area (TPSA) is 89.1 Å². The summed E-state index contributed by atoms with van der Waals surface area (Å²) in [5, 5.41) is 6.49. The van der Waals surface area contributed by atoms with Crippen LogP contribution in [0, 0.1) is 0 Å². The van der Waals surface area contributed by atoms with Crippen LogP contribution < -0.4 is 29.7 Å². The second-order valence-electron chi connectivity index (χ2n) is 10.8. The SMILES string of the molecule is COc1ccccc1NC(=O)C1=C(C)NC2=C(C(=O)C[C@@H](c3ccc(OC)c(OC)c3)C2)[C@@H]1c1ccc(N(C)C)cc1. The van der Waals surface area contributed by atoms with E-state index >= 15 is 0 Å². The number of carbonyl (C=O) groups is 2. The zero-order valence-electron chi connectivity index (χ0n) is 24.9. The van der Waals surface area contributed by atoms with Crippen molar-refractivity contribution in [3.63, 3.8) is 0 Å². The number of ether oxygens (including phenoxy) is 3. The second-order valence-corrected chi connectivity index (χ2v) is 10.8. The van der Waals surface area contributed by atoms with Crippen LogP contribution in [-0.4, -0.2) is 47.1 Å². The summed E-state index contributed by atoms with van der Waals surface area (Å²) < 4.78 is 16.4. The fourth-order valence-electron chi connectivity index (χ4n) is 5.92. The minimum absolute atomic E-state index is 0.0142. The van der Waals surface area contributed by atoms with Crippen LogP contribution in [0.2, 0.25) is 0 Å². The van der Waals surface area contributed by atoms with Crippen molar-refractivity contribution >= 4 is 23.1 Å². The summed E-state index contributed by atoms with van der Waals surface area (Å²) in [7, 11) is 8.74. The molecule has 5 rings (SSSR count). The molecule has 1 aliphatic carbocycles. The number of allylic oxidation sites excluding steroid dienone is 3. The molecule has 1 heterocycles. The molecular weight excluding hydrogens is 530 g/mol. The molecule has 0 saturated carbocycles. The zero-order valence-corrected chi connectivity index (χ0v) is 24.9. The normalized spacial score (nSPS) is 18.2. The fraction of sp³-hybridized carbons (Fsp3) is 0.294. The lowest BCUT2D eigenvalue weighted by atomic mass is 9.71. The van der Waals surface area contributed by atoms with E-state index in [-0.39, 0.29) is 17.6 Å². The summed E-state index contributed by atoms with van der Waals surface area (Å²) in [6, 6.07) is 21.1. The Hall–Kier alpha value is -4.72. The van der Waals surface area contributed by atoms with Gasteiger partial charge in [0.2, 0.25) is 0 Å². The average molecular weight is 568 g/mol. The summed E-state index contributed by atoms with van der Waals surface area (Å²) in [6.07, 6.45) is 0.949. The maximum absolute atomic E-state index is 14.0. The lowest BCUT2D eigenvalue weighted by molar-refractivity contribution is -0.116. The molecule has 0 bridgehead atoms. The third-order valence-electron chi connectivity index (χ3n) is 8.05. The van der Waals surface area contributed by atoms with E-state index in [1.54, 1.807) is 33.5 Å². The van der Waals surface area contributed by atoms with Crippen LogP contribution in [-0.2, 0) is 9.59 Å². The summed E-state index contributed by atoms with van der Waals surface area (Å²) in [5.41, 5.74) is 6.19. The van der Waals surface area contributed by atoms with E-state index in [4.69, 9.17) is 14.2 Å². The number of rotatable bonds is 8. The monoisotopic (exact) mass is 567 g/mol. The smallest absolute Gasteiger partial charge is 0.254 e. The third-order valence-corrected chi connectivity index (χ3v) is 8.05. The number of methoxy groups -OCH3 is 3. The fourth-order valence-corrected chi connectivity index (χ4v) is 5.92. The largest absolute Gasteiger partial charge is 0.495 e. The van der Waals surface area contributed by atoms with Crippen molar-refractivity contribution in [2.45, 2.75) is 31.6 Å². The molecule has 0 aromatic heterocycles. The van der Waals surface area contributed by atoms with E-state index < -0.39 is 5.92 Å². The van der Waals surface area contributed by atoms with Gasteiger partial charge in [-0.05, 0) is 66.8 Å². The predicted molar refractivity (Wildman–Crippen MR) is 165 cm³/mol. The number of benzene rings is 3. The number of Topliss-reactive ketones (excluding diaryl/α,β-unsaturated/α-hetero) is 1. The number of nitrogens with zero attached hydrogens (tertiary/aromatic N) is 1. The molecule has 0 spiro atoms. The third kappa shape index (κ3) is 5.44. The molecule has 1 aliphatic heterocycles. The Morgan fingerprint density at radius 1 is 0.857 bits per heavy atom. The Morgan fingerprint density at radius 2 is 1.52 bits per heavy atom. The van der Waals surface area contributed by atoms with Crippen molar-refractivity contribution in [2.75, 3.05) is 45.6 Å². The molecule has 0 radical (unpaired) electrons. The second kappa shape index (κ2) is 12.0. The molecule has 0 unspecified atom stereocenters. The Kier molecular flexibility index (Phi) is 8.24. The first-order valence-electron chi connectivity index (χ1n) is 13.9. The molecule has 2 aliphatic rings. The lowest BCUT2D eigenvalue weighted by Gasteiger charge is -2.37. The Bertz CT molecular complexity index is 1570. The van der Waals surface area contributed by atoms with Gasteiger partial charge in [-0.2, -0.15) is 0 Å². The van der Waals surface area contributed by atoms with Crippen LogP contribution in [0.1, 0.15) is 42.7 Å². The number of ketones is 1. The molecule has 8 heteroatoms. The number of dihydropyridines is 1. The molecule has 218 valence electrons. The van der Waals surface area contributed by atoms with Gasteiger partial charge in [0.05, 0.1) is 27.0 Å². The number of hydrogen-bond donors (Lipinski definition) is 2. The molecule has 3 aromatic carbocycles. The molecule has 2 N–H and O–H groups in total. The number of amides is 1. The van der Waals surface area contributed by atoms with Crippen LogP contribution in [0.5, 0.6) is 17.2 Å². The van der Waals surface area contributed by atoms with Gasteiger partial charge in [-0.1, -0.05) is 30.3 Å². The van der Waals surface area contributed by atoms with Crippen LogP contribution in [0.25, 0.3) is 0 Å². The van der Waals surface area contributed by atoms with Gasteiger partial charge < -0.3 is 29.7 Å².